The molecule has 0 rings (SSSR count). The zero-order valence-corrected chi connectivity index (χ0v) is 10.5. The molecule has 0 fully saturated rings. The summed E-state index contributed by atoms with van der Waals surface area (Å²) in [4.78, 5) is 12.2. The SMILES string of the molecule is C=CCN(C(=O)OC(C)(C)C)C(C)C(F)(F)F. The van der Waals surface area contributed by atoms with Gasteiger partial charge in [0.25, 0.3) is 0 Å². The summed E-state index contributed by atoms with van der Waals surface area (Å²) in [7, 11) is 0. The molecule has 0 aliphatic heterocycles. The molecule has 0 aliphatic carbocycles. The molecule has 3 nitrogen and oxygen atoms in total. The van der Waals surface area contributed by atoms with Crippen molar-refractivity contribution < 1.29 is 22.7 Å². The second-order valence-corrected chi connectivity index (χ2v) is 4.64. The third-order valence-electron chi connectivity index (χ3n) is 1.90. The molecule has 100 valence electrons. The van der Waals surface area contributed by atoms with Crippen LogP contribution in [-0.4, -0.2) is 35.4 Å². The molecule has 0 spiro atoms. The lowest BCUT2D eigenvalue weighted by Crippen LogP contribution is -2.48. The lowest BCUT2D eigenvalue weighted by molar-refractivity contribution is -0.174. The summed E-state index contributed by atoms with van der Waals surface area (Å²) in [6, 6.07) is -1.91. The highest BCUT2D eigenvalue weighted by Gasteiger charge is 2.42. The fourth-order valence-corrected chi connectivity index (χ4v) is 1.03. The minimum absolute atomic E-state index is 0.213. The van der Waals surface area contributed by atoms with Crippen molar-refractivity contribution in [3.8, 4) is 0 Å². The Balaban J connectivity index is 4.86. The molecule has 6 heteroatoms. The monoisotopic (exact) mass is 253 g/mol. The molecule has 0 aromatic heterocycles. The Morgan fingerprint density at radius 3 is 2.18 bits per heavy atom. The van der Waals surface area contributed by atoms with E-state index in [1.807, 2.05) is 0 Å². The molecule has 0 heterocycles. The summed E-state index contributed by atoms with van der Waals surface area (Å²) in [5.74, 6) is 0. The molecule has 0 bridgehead atoms. The first kappa shape index (κ1) is 15.8. The smallest absolute Gasteiger partial charge is 0.411 e. The van der Waals surface area contributed by atoms with Gasteiger partial charge in [-0.1, -0.05) is 6.08 Å². The summed E-state index contributed by atoms with van der Waals surface area (Å²) < 4.78 is 42.5. The van der Waals surface area contributed by atoms with Crippen molar-refractivity contribution in [3.63, 3.8) is 0 Å². The van der Waals surface area contributed by atoms with Crippen molar-refractivity contribution in [1.29, 1.82) is 0 Å². The van der Waals surface area contributed by atoms with Gasteiger partial charge in [-0.25, -0.2) is 4.79 Å². The van der Waals surface area contributed by atoms with Gasteiger partial charge in [-0.05, 0) is 27.7 Å². The molecule has 1 amide bonds. The van der Waals surface area contributed by atoms with Crippen LogP contribution in [0, 0.1) is 0 Å². The Labute approximate surface area is 99.2 Å². The average Bonchev–Trinajstić information content (AvgIpc) is 2.08. The molecule has 1 atom stereocenters. The quantitative estimate of drug-likeness (QED) is 0.722. The minimum atomic E-state index is -4.49. The first-order valence-electron chi connectivity index (χ1n) is 5.16. The molecule has 0 aliphatic rings. The minimum Gasteiger partial charge on any atom is -0.444 e. The Bertz CT molecular complexity index is 281. The number of rotatable bonds is 3. The van der Waals surface area contributed by atoms with Crippen LogP contribution in [0.15, 0.2) is 12.7 Å². The predicted molar refractivity (Wildman–Crippen MR) is 58.7 cm³/mol. The highest BCUT2D eigenvalue weighted by Crippen LogP contribution is 2.25. The second-order valence-electron chi connectivity index (χ2n) is 4.64. The molecule has 0 aromatic rings. The number of hydrogen-bond acceptors (Lipinski definition) is 2. The summed E-state index contributed by atoms with van der Waals surface area (Å²) in [6.45, 7) is 8.80. The van der Waals surface area contributed by atoms with E-state index in [2.05, 4.69) is 6.58 Å². The number of amides is 1. The van der Waals surface area contributed by atoms with Crippen molar-refractivity contribution in [2.45, 2.75) is 45.5 Å². The van der Waals surface area contributed by atoms with Gasteiger partial charge >= 0.3 is 12.3 Å². The molecule has 0 radical (unpaired) electrons. The molecule has 0 saturated carbocycles. The van der Waals surface area contributed by atoms with Crippen molar-refractivity contribution >= 4 is 6.09 Å². The van der Waals surface area contributed by atoms with E-state index < -0.39 is 23.9 Å². The zero-order chi connectivity index (χ0) is 13.9. The van der Waals surface area contributed by atoms with Gasteiger partial charge in [-0.2, -0.15) is 13.2 Å². The van der Waals surface area contributed by atoms with Gasteiger partial charge in [-0.3, -0.25) is 4.90 Å². The van der Waals surface area contributed by atoms with Crippen molar-refractivity contribution in [2.75, 3.05) is 6.54 Å². The van der Waals surface area contributed by atoms with Crippen LogP contribution >= 0.6 is 0 Å². The maximum absolute atomic E-state index is 12.5. The van der Waals surface area contributed by atoms with E-state index >= 15 is 0 Å². The maximum Gasteiger partial charge on any atom is 0.411 e. The summed E-state index contributed by atoms with van der Waals surface area (Å²) in [5.41, 5.74) is -0.832. The van der Waals surface area contributed by atoms with Gasteiger partial charge in [0, 0.05) is 6.54 Å². The zero-order valence-electron chi connectivity index (χ0n) is 10.5. The highest BCUT2D eigenvalue weighted by molar-refractivity contribution is 5.68. The summed E-state index contributed by atoms with van der Waals surface area (Å²) >= 11 is 0. The van der Waals surface area contributed by atoms with Crippen molar-refractivity contribution in [3.05, 3.63) is 12.7 Å². The van der Waals surface area contributed by atoms with Crippen LogP contribution in [0.4, 0.5) is 18.0 Å². The van der Waals surface area contributed by atoms with Gasteiger partial charge in [0.15, 0.2) is 0 Å². The Hall–Kier alpha value is -1.20. The maximum atomic E-state index is 12.5. The number of carbonyl (C=O) groups is 1. The number of alkyl halides is 3. The van der Waals surface area contributed by atoms with E-state index in [0.717, 1.165) is 6.92 Å². The van der Waals surface area contributed by atoms with E-state index in [9.17, 15) is 18.0 Å². The van der Waals surface area contributed by atoms with Gasteiger partial charge in [-0.15, -0.1) is 6.58 Å². The van der Waals surface area contributed by atoms with E-state index in [4.69, 9.17) is 4.74 Å². The number of hydrogen-bond donors (Lipinski definition) is 0. The van der Waals surface area contributed by atoms with Crippen LogP contribution < -0.4 is 0 Å². The molecular formula is C11H18F3NO2. The van der Waals surface area contributed by atoms with E-state index in [-0.39, 0.29) is 6.54 Å². The third-order valence-corrected chi connectivity index (χ3v) is 1.90. The topological polar surface area (TPSA) is 29.5 Å². The lowest BCUT2D eigenvalue weighted by atomic mass is 10.2. The van der Waals surface area contributed by atoms with Gasteiger partial charge in [0.2, 0.25) is 0 Å². The first-order chi connectivity index (χ1) is 7.49. The van der Waals surface area contributed by atoms with E-state index in [0.29, 0.717) is 4.90 Å². The van der Waals surface area contributed by atoms with Crippen LogP contribution in [0.25, 0.3) is 0 Å². The second kappa shape index (κ2) is 5.42. The van der Waals surface area contributed by atoms with Crippen LogP contribution in [0.1, 0.15) is 27.7 Å². The highest BCUT2D eigenvalue weighted by atomic mass is 19.4. The average molecular weight is 253 g/mol. The van der Waals surface area contributed by atoms with Crippen molar-refractivity contribution in [1.82, 2.24) is 4.90 Å². The van der Waals surface area contributed by atoms with Crippen LogP contribution in [-0.2, 0) is 4.74 Å². The summed E-state index contributed by atoms with van der Waals surface area (Å²) in [5, 5.41) is 0. The number of halogens is 3. The standard InChI is InChI=1S/C11H18F3NO2/c1-6-7-15(8(2)11(12,13)14)9(16)17-10(3,4)5/h6,8H,1,7H2,2-5H3. The van der Waals surface area contributed by atoms with Gasteiger partial charge in [0.1, 0.15) is 11.6 Å². The van der Waals surface area contributed by atoms with Crippen LogP contribution in [0.5, 0.6) is 0 Å². The molecular weight excluding hydrogens is 235 g/mol. The van der Waals surface area contributed by atoms with Crippen molar-refractivity contribution in [2.24, 2.45) is 0 Å². The first-order valence-corrected chi connectivity index (χ1v) is 5.16. The molecule has 0 N–H and O–H groups in total. The fourth-order valence-electron chi connectivity index (χ4n) is 1.03. The number of nitrogens with zero attached hydrogens (tertiary/aromatic N) is 1. The largest absolute Gasteiger partial charge is 0.444 e. The van der Waals surface area contributed by atoms with Crippen LogP contribution in [0.2, 0.25) is 0 Å². The predicted octanol–water partition coefficient (Wildman–Crippen LogP) is 3.36. The van der Waals surface area contributed by atoms with Gasteiger partial charge < -0.3 is 4.74 Å². The lowest BCUT2D eigenvalue weighted by Gasteiger charge is -2.31. The van der Waals surface area contributed by atoms with E-state index in [1.54, 1.807) is 20.8 Å². The Morgan fingerprint density at radius 1 is 1.41 bits per heavy atom. The Kier molecular flexibility index (Phi) is 5.04. The van der Waals surface area contributed by atoms with Crippen LogP contribution in [0.3, 0.4) is 0 Å². The van der Waals surface area contributed by atoms with Gasteiger partial charge in [0.05, 0.1) is 0 Å². The fraction of sp³-hybridized carbons (Fsp3) is 0.727. The molecule has 0 aromatic carbocycles. The number of ether oxygens (including phenoxy) is 1. The summed E-state index contributed by atoms with van der Waals surface area (Å²) in [6.07, 6.45) is -4.26. The molecule has 0 saturated heterocycles. The molecule has 17 heavy (non-hydrogen) atoms. The molecule has 1 unspecified atom stereocenters. The number of carbonyl (C=O) groups excluding carboxylic acids is 1. The van der Waals surface area contributed by atoms with E-state index in [1.165, 1.54) is 6.08 Å². The Morgan fingerprint density at radius 2 is 1.88 bits per heavy atom. The third kappa shape index (κ3) is 5.60. The normalized spacial score (nSPS) is 14.1.